The van der Waals surface area contributed by atoms with E-state index in [-0.39, 0.29) is 16.8 Å². The molecule has 156 valence electrons. The van der Waals surface area contributed by atoms with Crippen molar-refractivity contribution < 1.29 is 22.5 Å². The number of nitrogens with zero attached hydrogens (tertiary/aromatic N) is 3. The van der Waals surface area contributed by atoms with Crippen LogP contribution in [0.2, 0.25) is 0 Å². The first-order valence-corrected chi connectivity index (χ1v) is 9.28. The van der Waals surface area contributed by atoms with Gasteiger partial charge in [0.1, 0.15) is 29.2 Å². The second-order valence-corrected chi connectivity index (χ2v) is 7.03. The maximum absolute atomic E-state index is 14.2. The molecule has 9 heteroatoms. The summed E-state index contributed by atoms with van der Waals surface area (Å²) in [5.41, 5.74) is 1.67. The molecule has 1 amide bonds. The van der Waals surface area contributed by atoms with E-state index in [4.69, 9.17) is 8.94 Å². The number of nitrogens with one attached hydrogen (secondary N) is 1. The van der Waals surface area contributed by atoms with Gasteiger partial charge in [-0.05, 0) is 39.0 Å². The molecule has 0 aliphatic heterocycles. The molecule has 0 saturated heterocycles. The second kappa shape index (κ2) is 7.65. The molecule has 0 saturated carbocycles. The minimum atomic E-state index is -1.34. The summed E-state index contributed by atoms with van der Waals surface area (Å²) in [4.78, 5) is 17.6. The Labute approximate surface area is 175 Å². The molecule has 0 aliphatic rings. The Morgan fingerprint density at radius 1 is 1.19 bits per heavy atom. The number of furan rings is 1. The van der Waals surface area contributed by atoms with E-state index in [2.05, 4.69) is 15.5 Å². The highest BCUT2D eigenvalue weighted by atomic mass is 19.1. The third-order valence-corrected chi connectivity index (χ3v) is 4.86. The number of aryl methyl sites for hydroxylation is 3. The number of halogens is 2. The summed E-state index contributed by atoms with van der Waals surface area (Å²) >= 11 is 0. The van der Waals surface area contributed by atoms with Crippen LogP contribution in [0, 0.1) is 43.7 Å². The molecule has 7 nitrogen and oxygen atoms in total. The smallest absolute Gasteiger partial charge is 0.259 e. The van der Waals surface area contributed by atoms with Crippen molar-refractivity contribution >= 4 is 17.0 Å². The molecule has 1 aromatic carbocycles. The Morgan fingerprint density at radius 2 is 1.97 bits per heavy atom. The Hall–Kier alpha value is -4.06. The van der Waals surface area contributed by atoms with Crippen molar-refractivity contribution in [3.63, 3.8) is 0 Å². The van der Waals surface area contributed by atoms with Gasteiger partial charge in [-0.15, -0.1) is 0 Å². The number of carbonyl (C=O) groups excluding carboxylic acids is 1. The number of hydrogen-bond donors (Lipinski definition) is 1. The number of fused-ring (bicyclic) bond motifs is 1. The summed E-state index contributed by atoms with van der Waals surface area (Å²) in [5, 5.41) is 16.2. The van der Waals surface area contributed by atoms with Gasteiger partial charge in [-0.2, -0.15) is 5.26 Å². The molecule has 0 spiro atoms. The summed E-state index contributed by atoms with van der Waals surface area (Å²) < 4.78 is 38.2. The van der Waals surface area contributed by atoms with Gasteiger partial charge in [0.25, 0.3) is 11.6 Å². The Balaban J connectivity index is 1.79. The number of carbonyl (C=O) groups is 1. The van der Waals surface area contributed by atoms with Crippen LogP contribution in [-0.2, 0) is 0 Å². The van der Waals surface area contributed by atoms with Crippen LogP contribution in [0.1, 0.15) is 39.2 Å². The van der Waals surface area contributed by atoms with Gasteiger partial charge in [0.05, 0.1) is 28.4 Å². The van der Waals surface area contributed by atoms with Gasteiger partial charge in [-0.25, -0.2) is 13.8 Å². The molecule has 31 heavy (non-hydrogen) atoms. The topological polar surface area (TPSA) is 105 Å². The van der Waals surface area contributed by atoms with E-state index >= 15 is 0 Å². The molecule has 3 heterocycles. The van der Waals surface area contributed by atoms with Crippen LogP contribution < -0.4 is 5.32 Å². The Bertz CT molecular complexity index is 1370. The monoisotopic (exact) mass is 422 g/mol. The zero-order chi connectivity index (χ0) is 22.3. The third-order valence-electron chi connectivity index (χ3n) is 4.86. The standard InChI is InChI=1S/C22H16F2N4O3/c1-10-6-15(12(3)30-10)18-8-16(20-11(2)28-31-22(20)27-18)21(29)26-19(9-25)14-5-4-13(23)7-17(14)24/h4-8,19H,1-3H3,(H,26,29). The second-order valence-electron chi connectivity index (χ2n) is 7.03. The van der Waals surface area contributed by atoms with Crippen molar-refractivity contribution in [1.29, 1.82) is 5.26 Å². The van der Waals surface area contributed by atoms with E-state index in [1.165, 1.54) is 6.07 Å². The highest BCUT2D eigenvalue weighted by molar-refractivity contribution is 6.07. The van der Waals surface area contributed by atoms with E-state index in [0.29, 0.717) is 39.9 Å². The first-order valence-electron chi connectivity index (χ1n) is 9.28. The summed E-state index contributed by atoms with van der Waals surface area (Å²) in [6.45, 7) is 5.21. The van der Waals surface area contributed by atoms with Gasteiger partial charge in [-0.1, -0.05) is 11.2 Å². The van der Waals surface area contributed by atoms with Gasteiger partial charge in [-0.3, -0.25) is 4.79 Å². The van der Waals surface area contributed by atoms with E-state index in [9.17, 15) is 18.8 Å². The molecule has 3 aromatic heterocycles. The highest BCUT2D eigenvalue weighted by Crippen LogP contribution is 2.31. The van der Waals surface area contributed by atoms with E-state index < -0.39 is 23.6 Å². The Kier molecular flexibility index (Phi) is 4.99. The molecule has 4 rings (SSSR count). The molecule has 0 fully saturated rings. The predicted octanol–water partition coefficient (Wildman–Crippen LogP) is 4.68. The average Bonchev–Trinajstić information content (AvgIpc) is 3.27. The molecule has 0 aliphatic carbocycles. The van der Waals surface area contributed by atoms with Crippen molar-refractivity contribution in [2.45, 2.75) is 26.8 Å². The number of nitriles is 1. The van der Waals surface area contributed by atoms with Crippen molar-refractivity contribution in [2.24, 2.45) is 0 Å². The molecular formula is C22H16F2N4O3. The van der Waals surface area contributed by atoms with Gasteiger partial charge < -0.3 is 14.3 Å². The van der Waals surface area contributed by atoms with Gasteiger partial charge >= 0.3 is 0 Å². The lowest BCUT2D eigenvalue weighted by molar-refractivity contribution is 0.0946. The highest BCUT2D eigenvalue weighted by Gasteiger charge is 2.24. The van der Waals surface area contributed by atoms with Gasteiger partial charge in [0.15, 0.2) is 0 Å². The van der Waals surface area contributed by atoms with Crippen LogP contribution in [0.25, 0.3) is 22.4 Å². The number of aromatic nitrogens is 2. The van der Waals surface area contributed by atoms with Crippen LogP contribution in [0.5, 0.6) is 0 Å². The molecule has 4 aromatic rings. The number of rotatable bonds is 4. The van der Waals surface area contributed by atoms with Crippen LogP contribution >= 0.6 is 0 Å². The predicted molar refractivity (Wildman–Crippen MR) is 106 cm³/mol. The van der Waals surface area contributed by atoms with E-state index in [0.717, 1.165) is 12.1 Å². The largest absolute Gasteiger partial charge is 0.466 e. The fourth-order valence-electron chi connectivity index (χ4n) is 3.42. The number of benzene rings is 1. The molecule has 1 unspecified atom stereocenters. The van der Waals surface area contributed by atoms with Crippen molar-refractivity contribution in [3.8, 4) is 17.3 Å². The number of hydrogen-bond acceptors (Lipinski definition) is 6. The van der Waals surface area contributed by atoms with E-state index in [1.54, 1.807) is 26.8 Å². The van der Waals surface area contributed by atoms with Crippen molar-refractivity contribution in [1.82, 2.24) is 15.5 Å². The molecule has 1 atom stereocenters. The van der Waals surface area contributed by atoms with Crippen LogP contribution in [-0.4, -0.2) is 16.0 Å². The van der Waals surface area contributed by atoms with Crippen LogP contribution in [0.3, 0.4) is 0 Å². The van der Waals surface area contributed by atoms with Crippen molar-refractivity contribution in [2.75, 3.05) is 0 Å². The average molecular weight is 422 g/mol. The normalized spacial score (nSPS) is 12.0. The van der Waals surface area contributed by atoms with Gasteiger partial charge in [0.2, 0.25) is 0 Å². The SMILES string of the molecule is Cc1cc(-c2cc(C(=O)NC(C#N)c3ccc(F)cc3F)c3c(C)noc3n2)c(C)o1. The number of amides is 1. The van der Waals surface area contributed by atoms with Crippen LogP contribution in [0.15, 0.2) is 39.3 Å². The lowest BCUT2D eigenvalue weighted by Crippen LogP contribution is -2.28. The number of pyridine rings is 1. The fourth-order valence-corrected chi connectivity index (χ4v) is 3.42. The molecule has 0 radical (unpaired) electrons. The van der Waals surface area contributed by atoms with E-state index in [1.807, 2.05) is 6.07 Å². The van der Waals surface area contributed by atoms with Crippen LogP contribution in [0.4, 0.5) is 8.78 Å². The third kappa shape index (κ3) is 3.64. The first-order chi connectivity index (χ1) is 14.8. The van der Waals surface area contributed by atoms with Gasteiger partial charge in [0, 0.05) is 17.2 Å². The summed E-state index contributed by atoms with van der Waals surface area (Å²) in [6.07, 6.45) is 0. The minimum absolute atomic E-state index is 0.139. The lowest BCUT2D eigenvalue weighted by Gasteiger charge is -2.14. The van der Waals surface area contributed by atoms with Crippen molar-refractivity contribution in [3.05, 3.63) is 70.3 Å². The molecular weight excluding hydrogens is 406 g/mol. The quantitative estimate of drug-likeness (QED) is 0.512. The maximum atomic E-state index is 14.2. The summed E-state index contributed by atoms with van der Waals surface area (Å²) in [6, 6.07) is 6.60. The first kappa shape index (κ1) is 20.2. The lowest BCUT2D eigenvalue weighted by atomic mass is 10.0. The zero-order valence-corrected chi connectivity index (χ0v) is 16.8. The minimum Gasteiger partial charge on any atom is -0.466 e. The molecule has 0 bridgehead atoms. The fraction of sp³-hybridized carbons (Fsp3) is 0.182. The summed E-state index contributed by atoms with van der Waals surface area (Å²) in [5.74, 6) is -1.09. The summed E-state index contributed by atoms with van der Waals surface area (Å²) in [7, 11) is 0. The Morgan fingerprint density at radius 3 is 2.61 bits per heavy atom. The molecule has 1 N–H and O–H groups in total. The zero-order valence-electron chi connectivity index (χ0n) is 16.8. The maximum Gasteiger partial charge on any atom is 0.259 e.